The number of likely N-dealkylation sites (tertiary alicyclic amines) is 1. The molecule has 6 heteroatoms. The van der Waals surface area contributed by atoms with Gasteiger partial charge in [0.25, 0.3) is 0 Å². The fraction of sp³-hybridized carbons (Fsp3) is 0.259. The number of aromatic nitrogens is 2. The summed E-state index contributed by atoms with van der Waals surface area (Å²) in [7, 11) is 0. The van der Waals surface area contributed by atoms with Gasteiger partial charge in [-0.3, -0.25) is 9.36 Å². The smallest absolute Gasteiger partial charge is 0.193 e. The van der Waals surface area contributed by atoms with Gasteiger partial charge in [0, 0.05) is 30.5 Å². The lowest BCUT2D eigenvalue weighted by atomic mass is 10.1. The zero-order chi connectivity index (χ0) is 22.6. The summed E-state index contributed by atoms with van der Waals surface area (Å²) >= 11 is 0. The monoisotopic (exact) mass is 439 g/mol. The normalized spacial score (nSPS) is 14.0. The number of nitrogens with zero attached hydrogens (tertiary/aromatic N) is 3. The first kappa shape index (κ1) is 21.2. The highest BCUT2D eigenvalue weighted by molar-refractivity contribution is 5.85. The molecule has 1 saturated heterocycles. The molecule has 0 amide bonds. The van der Waals surface area contributed by atoms with Gasteiger partial charge in [-0.2, -0.15) is 0 Å². The van der Waals surface area contributed by atoms with Crippen LogP contribution in [0.2, 0.25) is 0 Å². The molecule has 0 spiro atoms. The standard InChI is InChI=1S/C27H29N5O/c1-20-18-24(28-14-17-31-15-8-9-16-31)30-27-26(20)23(33)19-25(29-21-10-4-2-5-11-21)32(27)22-12-6-3-7-13-22/h2-7,10-13,18-19,29H,8-9,14-17H2,1H3,(H,28,30). The summed E-state index contributed by atoms with van der Waals surface area (Å²) in [6.45, 7) is 6.16. The van der Waals surface area contributed by atoms with Crippen molar-refractivity contribution >= 4 is 28.4 Å². The van der Waals surface area contributed by atoms with Gasteiger partial charge >= 0.3 is 0 Å². The zero-order valence-corrected chi connectivity index (χ0v) is 18.9. The van der Waals surface area contributed by atoms with Crippen LogP contribution in [0.15, 0.2) is 77.6 Å². The Bertz CT molecular complexity index is 1300. The number of aryl methyl sites for hydroxylation is 1. The van der Waals surface area contributed by atoms with E-state index >= 15 is 0 Å². The molecule has 1 fully saturated rings. The van der Waals surface area contributed by atoms with Gasteiger partial charge in [-0.25, -0.2) is 4.98 Å². The number of benzene rings is 2. The predicted molar refractivity (Wildman–Crippen MR) is 136 cm³/mol. The van der Waals surface area contributed by atoms with Crippen molar-refractivity contribution in [2.24, 2.45) is 0 Å². The molecule has 5 rings (SSSR count). The van der Waals surface area contributed by atoms with Crippen LogP contribution in [0.4, 0.5) is 17.3 Å². The number of fused-ring (bicyclic) bond motifs is 1. The minimum atomic E-state index is -0.0378. The summed E-state index contributed by atoms with van der Waals surface area (Å²) in [5.41, 5.74) is 3.39. The number of pyridine rings is 2. The number of anilines is 3. The van der Waals surface area contributed by atoms with Gasteiger partial charge in [0.15, 0.2) is 11.1 Å². The van der Waals surface area contributed by atoms with Crippen LogP contribution in [0.3, 0.4) is 0 Å². The van der Waals surface area contributed by atoms with Crippen LogP contribution in [-0.4, -0.2) is 40.6 Å². The summed E-state index contributed by atoms with van der Waals surface area (Å²) in [5, 5.41) is 7.54. The van der Waals surface area contributed by atoms with E-state index in [0.29, 0.717) is 16.9 Å². The highest BCUT2D eigenvalue weighted by Gasteiger charge is 2.16. The summed E-state index contributed by atoms with van der Waals surface area (Å²) in [6.07, 6.45) is 2.57. The highest BCUT2D eigenvalue weighted by atomic mass is 16.1. The fourth-order valence-electron chi connectivity index (χ4n) is 4.54. The molecule has 0 bridgehead atoms. The lowest BCUT2D eigenvalue weighted by molar-refractivity contribution is 0.352. The Morgan fingerprint density at radius 3 is 2.36 bits per heavy atom. The van der Waals surface area contributed by atoms with E-state index in [4.69, 9.17) is 4.98 Å². The van der Waals surface area contributed by atoms with Gasteiger partial charge in [-0.1, -0.05) is 36.4 Å². The molecule has 2 aromatic heterocycles. The van der Waals surface area contributed by atoms with Crippen molar-refractivity contribution in [1.82, 2.24) is 14.5 Å². The van der Waals surface area contributed by atoms with Crippen LogP contribution in [0.1, 0.15) is 18.4 Å². The fourth-order valence-corrected chi connectivity index (χ4v) is 4.54. The molecule has 0 aliphatic carbocycles. The maximum Gasteiger partial charge on any atom is 0.193 e. The van der Waals surface area contributed by atoms with Crippen molar-refractivity contribution in [3.8, 4) is 5.69 Å². The van der Waals surface area contributed by atoms with Gasteiger partial charge in [0.1, 0.15) is 11.6 Å². The van der Waals surface area contributed by atoms with Crippen molar-refractivity contribution in [2.45, 2.75) is 19.8 Å². The molecule has 0 unspecified atom stereocenters. The molecule has 1 aliphatic heterocycles. The second-order valence-electron chi connectivity index (χ2n) is 8.55. The van der Waals surface area contributed by atoms with Gasteiger partial charge in [0.05, 0.1) is 5.39 Å². The van der Waals surface area contributed by atoms with E-state index in [1.165, 1.54) is 25.9 Å². The molecule has 0 saturated carbocycles. The minimum absolute atomic E-state index is 0.0378. The molecule has 33 heavy (non-hydrogen) atoms. The van der Waals surface area contributed by atoms with Crippen LogP contribution in [-0.2, 0) is 0 Å². The first-order valence-corrected chi connectivity index (χ1v) is 11.6. The molecule has 1 aliphatic rings. The number of hydrogen-bond donors (Lipinski definition) is 2. The Morgan fingerprint density at radius 2 is 1.64 bits per heavy atom. The van der Waals surface area contributed by atoms with Crippen LogP contribution in [0, 0.1) is 6.92 Å². The lowest BCUT2D eigenvalue weighted by Crippen LogP contribution is -2.26. The Hall–Kier alpha value is -3.64. The summed E-state index contributed by atoms with van der Waals surface area (Å²) in [4.78, 5) is 20.6. The average molecular weight is 440 g/mol. The average Bonchev–Trinajstić information content (AvgIpc) is 3.34. The number of para-hydroxylation sites is 2. The Labute approximate surface area is 193 Å². The maximum atomic E-state index is 13.2. The van der Waals surface area contributed by atoms with Gasteiger partial charge in [-0.15, -0.1) is 0 Å². The van der Waals surface area contributed by atoms with Crippen molar-refractivity contribution in [3.63, 3.8) is 0 Å². The predicted octanol–water partition coefficient (Wildman–Crippen LogP) is 4.95. The third-order valence-corrected chi connectivity index (χ3v) is 6.16. The van der Waals surface area contributed by atoms with Gasteiger partial charge in [-0.05, 0) is 68.8 Å². The molecule has 2 aromatic carbocycles. The largest absolute Gasteiger partial charge is 0.369 e. The van der Waals surface area contributed by atoms with E-state index in [1.54, 1.807) is 6.07 Å². The first-order chi connectivity index (χ1) is 16.2. The molecular weight excluding hydrogens is 410 g/mol. The van der Waals surface area contributed by atoms with E-state index in [2.05, 4.69) is 15.5 Å². The SMILES string of the molecule is Cc1cc(NCCN2CCCC2)nc2c1c(=O)cc(Nc1ccccc1)n2-c1ccccc1. The lowest BCUT2D eigenvalue weighted by Gasteiger charge is -2.20. The van der Waals surface area contributed by atoms with Crippen LogP contribution in [0.5, 0.6) is 0 Å². The van der Waals surface area contributed by atoms with Crippen molar-refractivity contribution in [3.05, 3.63) is 88.6 Å². The third kappa shape index (κ3) is 4.61. The molecule has 0 atom stereocenters. The van der Waals surface area contributed by atoms with Crippen molar-refractivity contribution < 1.29 is 0 Å². The zero-order valence-electron chi connectivity index (χ0n) is 18.9. The van der Waals surface area contributed by atoms with E-state index < -0.39 is 0 Å². The number of rotatable bonds is 7. The van der Waals surface area contributed by atoms with E-state index in [0.717, 1.165) is 35.8 Å². The number of nitrogens with one attached hydrogen (secondary N) is 2. The molecule has 2 N–H and O–H groups in total. The summed E-state index contributed by atoms with van der Waals surface area (Å²) in [6, 6.07) is 23.6. The van der Waals surface area contributed by atoms with Crippen molar-refractivity contribution in [2.75, 3.05) is 36.8 Å². The minimum Gasteiger partial charge on any atom is -0.369 e. The van der Waals surface area contributed by atoms with E-state index in [1.807, 2.05) is 78.2 Å². The summed E-state index contributed by atoms with van der Waals surface area (Å²) in [5.74, 6) is 1.48. The second-order valence-corrected chi connectivity index (χ2v) is 8.55. The van der Waals surface area contributed by atoms with Gasteiger partial charge in [0.2, 0.25) is 0 Å². The van der Waals surface area contributed by atoms with Crippen LogP contribution < -0.4 is 16.1 Å². The Kier molecular flexibility index (Phi) is 6.09. The third-order valence-electron chi connectivity index (χ3n) is 6.16. The van der Waals surface area contributed by atoms with Crippen molar-refractivity contribution in [1.29, 1.82) is 0 Å². The van der Waals surface area contributed by atoms with E-state index in [9.17, 15) is 4.79 Å². The molecule has 3 heterocycles. The molecule has 4 aromatic rings. The second kappa shape index (κ2) is 9.46. The first-order valence-electron chi connectivity index (χ1n) is 11.6. The molecule has 6 nitrogen and oxygen atoms in total. The summed E-state index contributed by atoms with van der Waals surface area (Å²) < 4.78 is 2.03. The van der Waals surface area contributed by atoms with E-state index in [-0.39, 0.29) is 5.43 Å². The van der Waals surface area contributed by atoms with Crippen LogP contribution >= 0.6 is 0 Å². The van der Waals surface area contributed by atoms with Gasteiger partial charge < -0.3 is 15.5 Å². The van der Waals surface area contributed by atoms with Crippen LogP contribution in [0.25, 0.3) is 16.7 Å². The maximum absolute atomic E-state index is 13.2. The highest BCUT2D eigenvalue weighted by Crippen LogP contribution is 2.27. The Balaban J connectivity index is 1.60. The Morgan fingerprint density at radius 1 is 0.939 bits per heavy atom. The molecule has 0 radical (unpaired) electrons. The topological polar surface area (TPSA) is 62.2 Å². The molecular formula is C27H29N5O. The molecule has 168 valence electrons. The number of hydrogen-bond acceptors (Lipinski definition) is 5. The quantitative estimate of drug-likeness (QED) is 0.427.